The van der Waals surface area contributed by atoms with E-state index in [1.165, 1.54) is 5.01 Å². The van der Waals surface area contributed by atoms with Gasteiger partial charge in [-0.3, -0.25) is 9.69 Å². The van der Waals surface area contributed by atoms with Crippen molar-refractivity contribution in [3.8, 4) is 0 Å². The zero-order chi connectivity index (χ0) is 12.1. The first-order valence-corrected chi connectivity index (χ1v) is 6.11. The molecule has 0 saturated carbocycles. The summed E-state index contributed by atoms with van der Waals surface area (Å²) in [4.78, 5) is 14.1. The standard InChI is InChI=1S/C13H19N3O.ClH/c1-15-7-9-16(10-8-15)14-13(17)11-12-5-3-2-4-6-12;/h2-6H,7-11H2,1H3,(H,14,17);1H. The van der Waals surface area contributed by atoms with Gasteiger partial charge in [-0.2, -0.15) is 0 Å². The zero-order valence-electron chi connectivity index (χ0n) is 10.7. The number of hydrogen-bond donors (Lipinski definition) is 2. The van der Waals surface area contributed by atoms with E-state index in [2.05, 4.69) is 17.4 Å². The van der Waals surface area contributed by atoms with Gasteiger partial charge in [0.25, 0.3) is 5.91 Å². The maximum atomic E-state index is 11.8. The third-order valence-electron chi connectivity index (χ3n) is 3.11. The van der Waals surface area contributed by atoms with Crippen LogP contribution in [0.15, 0.2) is 30.3 Å². The smallest absolute Gasteiger partial charge is 0.269 e. The van der Waals surface area contributed by atoms with E-state index in [1.807, 2.05) is 30.3 Å². The lowest BCUT2D eigenvalue weighted by Crippen LogP contribution is -3.21. The number of nitrogens with zero attached hydrogens (tertiary/aromatic N) is 1. The minimum atomic E-state index is 0. The van der Waals surface area contributed by atoms with Crippen molar-refractivity contribution in [3.05, 3.63) is 35.9 Å². The number of carbonyl (C=O) groups excluding carboxylic acids is 1. The number of nitrogens with one attached hydrogen (secondary N) is 2. The van der Waals surface area contributed by atoms with E-state index in [-0.39, 0.29) is 18.3 Å². The molecule has 2 N–H and O–H groups in total. The minimum Gasteiger partial charge on any atom is -1.00 e. The van der Waals surface area contributed by atoms with Crippen LogP contribution >= 0.6 is 0 Å². The largest absolute Gasteiger partial charge is 1.00 e. The molecule has 0 bridgehead atoms. The molecule has 0 aromatic heterocycles. The Kier molecular flexibility index (Phi) is 6.12. The highest BCUT2D eigenvalue weighted by molar-refractivity contribution is 5.77. The normalized spacial score (nSPS) is 16.9. The molecule has 18 heavy (non-hydrogen) atoms. The minimum absolute atomic E-state index is 0. The van der Waals surface area contributed by atoms with E-state index in [9.17, 15) is 4.79 Å². The van der Waals surface area contributed by atoms with Crippen molar-refractivity contribution in [2.45, 2.75) is 6.42 Å². The van der Waals surface area contributed by atoms with Crippen LogP contribution in [-0.4, -0.2) is 44.0 Å². The van der Waals surface area contributed by atoms with Gasteiger partial charge < -0.3 is 12.4 Å². The fourth-order valence-corrected chi connectivity index (χ4v) is 2.04. The van der Waals surface area contributed by atoms with Crippen LogP contribution in [0.3, 0.4) is 0 Å². The summed E-state index contributed by atoms with van der Waals surface area (Å²) in [6.45, 7) is 4.05. The Morgan fingerprint density at radius 1 is 1.28 bits per heavy atom. The molecular weight excluding hydrogens is 250 g/mol. The predicted molar refractivity (Wildman–Crippen MR) is 66.5 cm³/mol. The Balaban J connectivity index is 0.00000162. The number of hydrogen-bond acceptors (Lipinski definition) is 2. The molecule has 0 aliphatic carbocycles. The summed E-state index contributed by atoms with van der Waals surface area (Å²) in [5, 5.41) is 1.18. The van der Waals surface area contributed by atoms with Gasteiger partial charge in [0.2, 0.25) is 0 Å². The zero-order valence-corrected chi connectivity index (χ0v) is 11.4. The lowest BCUT2D eigenvalue weighted by Gasteiger charge is -2.28. The van der Waals surface area contributed by atoms with Gasteiger partial charge in [-0.15, -0.1) is 0 Å². The highest BCUT2D eigenvalue weighted by Gasteiger charge is 2.19. The summed E-state index contributed by atoms with van der Waals surface area (Å²) in [5.41, 5.74) is 4.11. The molecular formula is C13H20ClN3O. The molecule has 1 aliphatic heterocycles. The molecule has 1 aliphatic rings. The Labute approximate surface area is 114 Å². The van der Waals surface area contributed by atoms with Crippen molar-refractivity contribution in [1.82, 2.24) is 10.3 Å². The van der Waals surface area contributed by atoms with Gasteiger partial charge in [0.05, 0.1) is 6.42 Å². The number of benzene rings is 1. The number of carbonyl (C=O) groups is 1. The third kappa shape index (κ3) is 4.64. The topological polar surface area (TPSA) is 36.8 Å². The van der Waals surface area contributed by atoms with Gasteiger partial charge in [0.1, 0.15) is 13.1 Å². The lowest BCUT2D eigenvalue weighted by atomic mass is 10.1. The average molecular weight is 270 g/mol. The highest BCUT2D eigenvalue weighted by Crippen LogP contribution is 1.98. The van der Waals surface area contributed by atoms with Crippen LogP contribution in [0, 0.1) is 0 Å². The molecule has 1 amide bonds. The van der Waals surface area contributed by atoms with Gasteiger partial charge in [0, 0.05) is 13.1 Å². The number of quaternary nitrogens is 1. The van der Waals surface area contributed by atoms with Crippen molar-refractivity contribution in [1.29, 1.82) is 0 Å². The predicted octanol–water partition coefficient (Wildman–Crippen LogP) is -3.91. The van der Waals surface area contributed by atoms with E-state index >= 15 is 0 Å². The van der Waals surface area contributed by atoms with Crippen molar-refractivity contribution in [3.63, 3.8) is 0 Å². The first-order valence-electron chi connectivity index (χ1n) is 6.11. The van der Waals surface area contributed by atoms with E-state index in [4.69, 9.17) is 0 Å². The van der Waals surface area contributed by atoms with Crippen LogP contribution in [0.2, 0.25) is 0 Å². The molecule has 5 heteroatoms. The van der Waals surface area contributed by atoms with Crippen LogP contribution in [0.5, 0.6) is 0 Å². The second kappa shape index (κ2) is 7.36. The highest BCUT2D eigenvalue weighted by atomic mass is 35.5. The van der Waals surface area contributed by atoms with Gasteiger partial charge in [-0.05, 0) is 12.6 Å². The summed E-state index contributed by atoms with van der Waals surface area (Å²) in [6.07, 6.45) is 0.472. The van der Waals surface area contributed by atoms with Gasteiger partial charge in [-0.1, -0.05) is 30.3 Å². The number of piperazine rings is 1. The quantitative estimate of drug-likeness (QED) is 0.589. The lowest BCUT2D eigenvalue weighted by molar-refractivity contribution is -0.940. The van der Waals surface area contributed by atoms with Crippen molar-refractivity contribution >= 4 is 5.91 Å². The molecule has 2 rings (SSSR count). The monoisotopic (exact) mass is 269 g/mol. The number of likely N-dealkylation sites (N-methyl/N-ethyl adjacent to an activating group) is 1. The van der Waals surface area contributed by atoms with Crippen LogP contribution in [-0.2, 0) is 11.2 Å². The second-order valence-corrected chi connectivity index (χ2v) is 4.62. The summed E-state index contributed by atoms with van der Waals surface area (Å²) in [6, 6.07) is 9.86. The SMILES string of the molecule is CN1CC[NH+](NC(=O)Cc2ccccc2)CC1.[Cl-]. The van der Waals surface area contributed by atoms with Gasteiger partial charge in [-0.25, -0.2) is 10.4 Å². The average Bonchev–Trinajstić information content (AvgIpc) is 2.33. The van der Waals surface area contributed by atoms with Crippen molar-refractivity contribution in [2.75, 3.05) is 33.2 Å². The third-order valence-corrected chi connectivity index (χ3v) is 3.11. The Morgan fingerprint density at radius 3 is 2.50 bits per heavy atom. The maximum absolute atomic E-state index is 11.8. The molecule has 1 heterocycles. The maximum Gasteiger partial charge on any atom is 0.269 e. The molecule has 0 unspecified atom stereocenters. The molecule has 1 aromatic carbocycles. The molecule has 1 fully saturated rings. The molecule has 0 spiro atoms. The number of halogens is 1. The van der Waals surface area contributed by atoms with Crippen molar-refractivity contribution < 1.29 is 22.2 Å². The molecule has 0 atom stereocenters. The van der Waals surface area contributed by atoms with Crippen LogP contribution in [0.25, 0.3) is 0 Å². The van der Waals surface area contributed by atoms with E-state index in [0.29, 0.717) is 6.42 Å². The fraction of sp³-hybridized carbons (Fsp3) is 0.462. The van der Waals surface area contributed by atoms with Gasteiger partial charge >= 0.3 is 0 Å². The molecule has 4 nitrogen and oxygen atoms in total. The molecule has 100 valence electrons. The summed E-state index contributed by atoms with van der Waals surface area (Å²) < 4.78 is 0. The molecule has 1 aromatic rings. The second-order valence-electron chi connectivity index (χ2n) is 4.62. The summed E-state index contributed by atoms with van der Waals surface area (Å²) in [7, 11) is 2.11. The Bertz CT molecular complexity index is 364. The van der Waals surface area contributed by atoms with E-state index in [0.717, 1.165) is 31.7 Å². The van der Waals surface area contributed by atoms with Crippen LogP contribution in [0.1, 0.15) is 5.56 Å². The van der Waals surface area contributed by atoms with Crippen LogP contribution in [0.4, 0.5) is 0 Å². The Hall–Kier alpha value is -1.10. The van der Waals surface area contributed by atoms with Crippen LogP contribution < -0.4 is 22.8 Å². The molecule has 1 saturated heterocycles. The fourth-order valence-electron chi connectivity index (χ4n) is 2.04. The number of amides is 1. The first-order chi connectivity index (χ1) is 8.24. The Morgan fingerprint density at radius 2 is 1.89 bits per heavy atom. The first kappa shape index (κ1) is 15.0. The summed E-state index contributed by atoms with van der Waals surface area (Å²) in [5.74, 6) is 0.107. The summed E-state index contributed by atoms with van der Waals surface area (Å²) >= 11 is 0. The number of rotatable bonds is 3. The van der Waals surface area contributed by atoms with E-state index in [1.54, 1.807) is 0 Å². The molecule has 0 radical (unpaired) electrons. The van der Waals surface area contributed by atoms with E-state index < -0.39 is 0 Å². The van der Waals surface area contributed by atoms with Crippen molar-refractivity contribution in [2.24, 2.45) is 0 Å². The van der Waals surface area contributed by atoms with Gasteiger partial charge in [0.15, 0.2) is 0 Å².